The minimum Gasteiger partial charge on any atom is -0.488 e. The highest BCUT2D eigenvalue weighted by atomic mass is 16.5. The monoisotopic (exact) mass is 411 g/mol. The number of rotatable bonds is 7. The molecular weight excluding hydrogens is 378 g/mol. The fraction of sp³-hybridized carbons (Fsp3) is 0.667. The molecule has 1 spiro atoms. The Balaban J connectivity index is 1.09. The Hall–Kier alpha value is -2.08. The maximum absolute atomic E-state index is 12.4. The highest BCUT2D eigenvalue weighted by Gasteiger charge is 2.59. The minimum atomic E-state index is -0.281. The molecule has 6 nitrogen and oxygen atoms in total. The molecule has 0 atom stereocenters. The van der Waals surface area contributed by atoms with Crippen LogP contribution in [0.1, 0.15) is 51.4 Å². The lowest BCUT2D eigenvalue weighted by molar-refractivity contribution is -0.139. The van der Waals surface area contributed by atoms with Crippen LogP contribution in [0.25, 0.3) is 0 Å². The van der Waals surface area contributed by atoms with Crippen molar-refractivity contribution in [2.45, 2.75) is 57.5 Å². The number of anilines is 1. The van der Waals surface area contributed by atoms with Crippen molar-refractivity contribution < 1.29 is 14.3 Å². The molecule has 0 unspecified atom stereocenters. The molecule has 1 aromatic rings. The summed E-state index contributed by atoms with van der Waals surface area (Å²) in [5, 5.41) is 0. The lowest BCUT2D eigenvalue weighted by atomic mass is 10.1. The number of imide groups is 1. The number of piperazine rings is 1. The van der Waals surface area contributed by atoms with Crippen molar-refractivity contribution in [1.82, 2.24) is 9.80 Å². The number of carbonyl (C=O) groups is 2. The Kier molecular flexibility index (Phi) is 5.44. The van der Waals surface area contributed by atoms with E-state index in [1.165, 1.54) is 36.3 Å². The summed E-state index contributed by atoms with van der Waals surface area (Å²) in [4.78, 5) is 31.0. The number of hydrogen-bond donors (Lipinski definition) is 0. The molecule has 0 radical (unpaired) electrons. The van der Waals surface area contributed by atoms with E-state index in [0.717, 1.165) is 57.7 Å². The van der Waals surface area contributed by atoms with Crippen molar-refractivity contribution in [3.8, 4) is 5.75 Å². The normalized spacial score (nSPS) is 24.3. The molecule has 162 valence electrons. The van der Waals surface area contributed by atoms with Gasteiger partial charge in [0.05, 0.1) is 17.2 Å². The van der Waals surface area contributed by atoms with Crippen molar-refractivity contribution in [3.05, 3.63) is 24.3 Å². The molecule has 5 rings (SSSR count). The van der Waals surface area contributed by atoms with Crippen LogP contribution >= 0.6 is 0 Å². The number of nitrogens with zero attached hydrogens (tertiary/aromatic N) is 3. The molecule has 6 heteroatoms. The van der Waals surface area contributed by atoms with E-state index in [1.54, 1.807) is 0 Å². The van der Waals surface area contributed by atoms with Crippen LogP contribution in [0.4, 0.5) is 5.69 Å². The second-order valence-electron chi connectivity index (χ2n) is 9.48. The number of carbonyl (C=O) groups excluding carboxylic acids is 2. The molecule has 2 saturated carbocycles. The van der Waals surface area contributed by atoms with Gasteiger partial charge in [-0.3, -0.25) is 19.4 Å². The molecule has 2 amide bonds. The summed E-state index contributed by atoms with van der Waals surface area (Å²) in [5.41, 5.74) is 0.934. The van der Waals surface area contributed by atoms with E-state index >= 15 is 0 Å². The summed E-state index contributed by atoms with van der Waals surface area (Å²) < 4.78 is 6.33. The molecule has 2 aliphatic carbocycles. The maximum Gasteiger partial charge on any atom is 0.235 e. The molecule has 0 N–H and O–H groups in total. The first kappa shape index (κ1) is 19.9. The van der Waals surface area contributed by atoms with E-state index in [-0.39, 0.29) is 17.2 Å². The predicted octanol–water partition coefficient (Wildman–Crippen LogP) is 3.06. The number of benzene rings is 1. The molecular formula is C24H33N3O3. The zero-order chi connectivity index (χ0) is 20.6. The van der Waals surface area contributed by atoms with Crippen molar-refractivity contribution in [2.24, 2.45) is 5.41 Å². The van der Waals surface area contributed by atoms with Gasteiger partial charge >= 0.3 is 0 Å². The number of ether oxygens (including phenoxy) is 1. The smallest absolute Gasteiger partial charge is 0.235 e. The van der Waals surface area contributed by atoms with Gasteiger partial charge < -0.3 is 9.64 Å². The Morgan fingerprint density at radius 2 is 1.70 bits per heavy atom. The molecule has 2 aliphatic heterocycles. The van der Waals surface area contributed by atoms with Gasteiger partial charge in [-0.1, -0.05) is 12.1 Å². The topological polar surface area (TPSA) is 53.1 Å². The van der Waals surface area contributed by atoms with E-state index in [1.807, 2.05) is 0 Å². The summed E-state index contributed by atoms with van der Waals surface area (Å²) in [5.74, 6) is 1.16. The van der Waals surface area contributed by atoms with Gasteiger partial charge in [0.2, 0.25) is 11.8 Å². The van der Waals surface area contributed by atoms with Gasteiger partial charge in [0.1, 0.15) is 5.75 Å². The third-order valence-corrected chi connectivity index (χ3v) is 7.37. The average molecular weight is 412 g/mol. The van der Waals surface area contributed by atoms with E-state index in [0.29, 0.717) is 19.1 Å². The summed E-state index contributed by atoms with van der Waals surface area (Å²) in [7, 11) is 0. The Labute approximate surface area is 179 Å². The van der Waals surface area contributed by atoms with Gasteiger partial charge in [-0.05, 0) is 63.6 Å². The van der Waals surface area contributed by atoms with Crippen LogP contribution in [-0.4, -0.2) is 67.0 Å². The van der Waals surface area contributed by atoms with E-state index in [9.17, 15) is 9.59 Å². The first-order chi connectivity index (χ1) is 14.6. The molecule has 30 heavy (non-hydrogen) atoms. The number of amides is 2. The quantitative estimate of drug-likeness (QED) is 0.646. The fourth-order valence-corrected chi connectivity index (χ4v) is 5.30. The lowest BCUT2D eigenvalue weighted by Crippen LogP contribution is -2.47. The first-order valence-electron chi connectivity index (χ1n) is 11.7. The zero-order valence-corrected chi connectivity index (χ0v) is 17.9. The highest BCUT2D eigenvalue weighted by molar-refractivity contribution is 6.07. The maximum atomic E-state index is 12.4. The SMILES string of the molecule is O=C1CC2(CC2)C(=O)N1CCCN1CCN(c2ccccc2OC2CCCC2)CC1. The summed E-state index contributed by atoms with van der Waals surface area (Å²) in [6, 6.07) is 8.45. The Morgan fingerprint density at radius 1 is 0.967 bits per heavy atom. The van der Waals surface area contributed by atoms with Crippen LogP contribution in [0.15, 0.2) is 24.3 Å². The number of likely N-dealkylation sites (tertiary alicyclic amines) is 1. The van der Waals surface area contributed by atoms with Gasteiger partial charge in [0.25, 0.3) is 0 Å². The number of para-hydroxylation sites is 2. The van der Waals surface area contributed by atoms with Crippen molar-refractivity contribution in [2.75, 3.05) is 44.2 Å². The van der Waals surface area contributed by atoms with Crippen LogP contribution in [0.5, 0.6) is 5.75 Å². The van der Waals surface area contributed by atoms with E-state index in [2.05, 4.69) is 34.1 Å². The second kappa shape index (κ2) is 8.22. The molecule has 2 heterocycles. The predicted molar refractivity (Wildman–Crippen MR) is 116 cm³/mol. The van der Waals surface area contributed by atoms with Gasteiger partial charge in [0.15, 0.2) is 0 Å². The lowest BCUT2D eigenvalue weighted by Gasteiger charge is -2.37. The number of hydrogen-bond acceptors (Lipinski definition) is 5. The molecule has 1 aromatic carbocycles. The molecule has 4 fully saturated rings. The summed E-state index contributed by atoms with van der Waals surface area (Å²) in [6.07, 6.45) is 8.41. The first-order valence-corrected chi connectivity index (χ1v) is 11.7. The van der Waals surface area contributed by atoms with Crippen LogP contribution < -0.4 is 9.64 Å². The zero-order valence-electron chi connectivity index (χ0n) is 17.9. The third kappa shape index (κ3) is 3.94. The van der Waals surface area contributed by atoms with Gasteiger partial charge in [-0.15, -0.1) is 0 Å². The van der Waals surface area contributed by atoms with Gasteiger partial charge in [-0.2, -0.15) is 0 Å². The van der Waals surface area contributed by atoms with E-state index in [4.69, 9.17) is 4.74 Å². The van der Waals surface area contributed by atoms with Crippen molar-refractivity contribution >= 4 is 17.5 Å². The summed E-state index contributed by atoms with van der Waals surface area (Å²) >= 11 is 0. The van der Waals surface area contributed by atoms with Gasteiger partial charge in [-0.25, -0.2) is 0 Å². The Bertz CT molecular complexity index is 793. The van der Waals surface area contributed by atoms with Crippen LogP contribution in [-0.2, 0) is 9.59 Å². The largest absolute Gasteiger partial charge is 0.488 e. The van der Waals surface area contributed by atoms with Gasteiger partial charge in [0, 0.05) is 39.1 Å². The van der Waals surface area contributed by atoms with Crippen LogP contribution in [0.2, 0.25) is 0 Å². The van der Waals surface area contributed by atoms with Crippen molar-refractivity contribution in [1.29, 1.82) is 0 Å². The fourth-order valence-electron chi connectivity index (χ4n) is 5.30. The molecule has 2 saturated heterocycles. The van der Waals surface area contributed by atoms with Crippen LogP contribution in [0, 0.1) is 5.41 Å². The standard InChI is InChI=1S/C24H33N3O3/c28-22-18-24(10-11-24)23(29)27(22)13-5-12-25-14-16-26(17-15-25)20-8-3-4-9-21(20)30-19-6-1-2-7-19/h3-4,8-9,19H,1-2,5-7,10-18H2. The minimum absolute atomic E-state index is 0.0428. The third-order valence-electron chi connectivity index (χ3n) is 7.37. The summed E-state index contributed by atoms with van der Waals surface area (Å²) in [6.45, 7) is 5.49. The average Bonchev–Trinajstić information content (AvgIpc) is 3.28. The highest BCUT2D eigenvalue weighted by Crippen LogP contribution is 2.54. The Morgan fingerprint density at radius 3 is 2.40 bits per heavy atom. The van der Waals surface area contributed by atoms with E-state index < -0.39 is 0 Å². The van der Waals surface area contributed by atoms with Crippen molar-refractivity contribution in [3.63, 3.8) is 0 Å². The molecule has 0 bridgehead atoms. The second-order valence-corrected chi connectivity index (χ2v) is 9.48. The molecule has 0 aromatic heterocycles. The molecule has 4 aliphatic rings. The van der Waals surface area contributed by atoms with Crippen LogP contribution in [0.3, 0.4) is 0 Å².